The first-order valence-electron chi connectivity index (χ1n) is 7.87. The number of rotatable bonds is 4. The van der Waals surface area contributed by atoms with Crippen LogP contribution in [0.2, 0.25) is 0 Å². The van der Waals surface area contributed by atoms with E-state index in [1.807, 2.05) is 0 Å². The third-order valence-corrected chi connectivity index (χ3v) is 4.73. The predicted octanol–water partition coefficient (Wildman–Crippen LogP) is 5.24. The Morgan fingerprint density at radius 1 is 1.15 bits per heavy atom. The fraction of sp³-hybridized carbons (Fsp3) is 0.158. The molecule has 1 aromatic heterocycles. The van der Waals surface area contributed by atoms with Crippen molar-refractivity contribution in [2.45, 2.75) is 12.7 Å². The second-order valence-corrected chi connectivity index (χ2v) is 6.76. The Labute approximate surface area is 156 Å². The van der Waals surface area contributed by atoms with E-state index in [1.54, 1.807) is 19.2 Å². The topological polar surface area (TPSA) is 33.2 Å². The summed E-state index contributed by atoms with van der Waals surface area (Å²) in [7, 11) is 1.58. The maximum absolute atomic E-state index is 13.0. The molecule has 3 aromatic rings. The molecular weight excluding hydrogens is 380 g/mol. The second-order valence-electron chi connectivity index (χ2n) is 5.90. The number of hydrogen-bond acceptors (Lipinski definition) is 3. The number of hydrogen-bond donors (Lipinski definition) is 0. The standard InChI is InChI=1S/C19H14F4N2OS/c1-25(10-12-5-7-15(20)8-6-12)18(26)16-11-27-17(24-16)13-3-2-4-14(9-13)19(21,22)23/h2-9,11H,10H2,1H3. The van der Waals surface area contributed by atoms with Gasteiger partial charge in [0.25, 0.3) is 5.91 Å². The Balaban J connectivity index is 1.77. The lowest BCUT2D eigenvalue weighted by molar-refractivity contribution is -0.137. The highest BCUT2D eigenvalue weighted by molar-refractivity contribution is 7.13. The van der Waals surface area contributed by atoms with E-state index in [0.717, 1.165) is 29.0 Å². The molecular formula is C19H14F4N2OS. The van der Waals surface area contributed by atoms with E-state index in [9.17, 15) is 22.4 Å². The molecule has 0 radical (unpaired) electrons. The molecule has 0 aliphatic rings. The number of alkyl halides is 3. The van der Waals surface area contributed by atoms with Gasteiger partial charge in [-0.05, 0) is 29.8 Å². The van der Waals surface area contributed by atoms with Crippen molar-refractivity contribution in [2.75, 3.05) is 7.05 Å². The number of aromatic nitrogens is 1. The van der Waals surface area contributed by atoms with Crippen LogP contribution >= 0.6 is 11.3 Å². The van der Waals surface area contributed by atoms with Gasteiger partial charge in [0.15, 0.2) is 0 Å². The summed E-state index contributed by atoms with van der Waals surface area (Å²) in [4.78, 5) is 18.1. The molecule has 1 heterocycles. The molecule has 0 bridgehead atoms. The van der Waals surface area contributed by atoms with Crippen molar-refractivity contribution in [1.82, 2.24) is 9.88 Å². The molecule has 27 heavy (non-hydrogen) atoms. The number of halogens is 4. The Bertz CT molecular complexity index is 951. The van der Waals surface area contributed by atoms with Gasteiger partial charge in [-0.1, -0.05) is 24.3 Å². The highest BCUT2D eigenvalue weighted by atomic mass is 32.1. The summed E-state index contributed by atoms with van der Waals surface area (Å²) in [5.74, 6) is -0.730. The molecule has 140 valence electrons. The minimum atomic E-state index is -4.44. The summed E-state index contributed by atoms with van der Waals surface area (Å²) < 4.78 is 51.5. The molecule has 0 fully saturated rings. The number of amides is 1. The SMILES string of the molecule is CN(Cc1ccc(F)cc1)C(=O)c1csc(-c2cccc(C(F)(F)F)c2)n1. The van der Waals surface area contributed by atoms with Gasteiger partial charge in [0.1, 0.15) is 16.5 Å². The molecule has 3 rings (SSSR count). The van der Waals surface area contributed by atoms with Gasteiger partial charge >= 0.3 is 6.18 Å². The van der Waals surface area contributed by atoms with Gasteiger partial charge in [-0.3, -0.25) is 4.79 Å². The van der Waals surface area contributed by atoms with Crippen molar-refractivity contribution in [3.8, 4) is 10.6 Å². The zero-order chi connectivity index (χ0) is 19.6. The quantitative estimate of drug-likeness (QED) is 0.567. The van der Waals surface area contributed by atoms with Crippen LogP contribution in [-0.2, 0) is 12.7 Å². The third kappa shape index (κ3) is 4.51. The number of thiazole rings is 1. The Morgan fingerprint density at radius 3 is 2.52 bits per heavy atom. The Hall–Kier alpha value is -2.74. The van der Waals surface area contributed by atoms with Crippen molar-refractivity contribution >= 4 is 17.2 Å². The minimum Gasteiger partial charge on any atom is -0.336 e. The lowest BCUT2D eigenvalue weighted by Gasteiger charge is -2.15. The van der Waals surface area contributed by atoms with E-state index in [-0.39, 0.29) is 24.0 Å². The van der Waals surface area contributed by atoms with E-state index < -0.39 is 11.7 Å². The van der Waals surface area contributed by atoms with Crippen molar-refractivity contribution in [2.24, 2.45) is 0 Å². The van der Waals surface area contributed by atoms with Crippen molar-refractivity contribution in [1.29, 1.82) is 0 Å². The van der Waals surface area contributed by atoms with Gasteiger partial charge in [-0.2, -0.15) is 13.2 Å². The summed E-state index contributed by atoms with van der Waals surface area (Å²) in [6, 6.07) is 10.6. The summed E-state index contributed by atoms with van der Waals surface area (Å²) in [5.41, 5.74) is 0.434. The van der Waals surface area contributed by atoms with Crippen LogP contribution in [0.5, 0.6) is 0 Å². The maximum atomic E-state index is 13.0. The van der Waals surface area contributed by atoms with Gasteiger partial charge in [0.2, 0.25) is 0 Å². The molecule has 1 amide bonds. The van der Waals surface area contributed by atoms with Crippen LogP contribution in [0.4, 0.5) is 17.6 Å². The smallest absolute Gasteiger partial charge is 0.336 e. The monoisotopic (exact) mass is 394 g/mol. The lowest BCUT2D eigenvalue weighted by Crippen LogP contribution is -2.26. The Kier molecular flexibility index (Phi) is 5.27. The zero-order valence-corrected chi connectivity index (χ0v) is 14.9. The molecule has 0 saturated heterocycles. The average molecular weight is 394 g/mol. The first-order chi connectivity index (χ1) is 12.7. The van der Waals surface area contributed by atoms with Crippen LogP contribution in [0.1, 0.15) is 21.6 Å². The van der Waals surface area contributed by atoms with Gasteiger partial charge < -0.3 is 4.90 Å². The highest BCUT2D eigenvalue weighted by Gasteiger charge is 2.30. The van der Waals surface area contributed by atoms with E-state index in [2.05, 4.69) is 4.98 Å². The average Bonchev–Trinajstić information content (AvgIpc) is 3.12. The van der Waals surface area contributed by atoms with Crippen LogP contribution in [0.3, 0.4) is 0 Å². The maximum Gasteiger partial charge on any atom is 0.416 e. The summed E-state index contributed by atoms with van der Waals surface area (Å²) in [6.45, 7) is 0.259. The largest absolute Gasteiger partial charge is 0.416 e. The normalized spacial score (nSPS) is 11.4. The van der Waals surface area contributed by atoms with Crippen LogP contribution in [0.25, 0.3) is 10.6 Å². The Morgan fingerprint density at radius 2 is 1.85 bits per heavy atom. The van der Waals surface area contributed by atoms with Gasteiger partial charge in [-0.25, -0.2) is 9.37 Å². The molecule has 3 nitrogen and oxygen atoms in total. The summed E-state index contributed by atoms with van der Waals surface area (Å²) >= 11 is 1.10. The zero-order valence-electron chi connectivity index (χ0n) is 14.1. The fourth-order valence-corrected chi connectivity index (χ4v) is 3.26. The molecule has 0 atom stereocenters. The van der Waals surface area contributed by atoms with Crippen LogP contribution < -0.4 is 0 Å². The third-order valence-electron chi connectivity index (χ3n) is 3.84. The minimum absolute atomic E-state index is 0.150. The summed E-state index contributed by atoms with van der Waals surface area (Å²) in [5, 5.41) is 1.85. The van der Waals surface area contributed by atoms with E-state index in [4.69, 9.17) is 0 Å². The molecule has 0 aliphatic carbocycles. The highest BCUT2D eigenvalue weighted by Crippen LogP contribution is 2.33. The van der Waals surface area contributed by atoms with Gasteiger partial charge in [0, 0.05) is 24.5 Å². The molecule has 8 heteroatoms. The predicted molar refractivity (Wildman–Crippen MR) is 94.7 cm³/mol. The fourth-order valence-electron chi connectivity index (χ4n) is 2.46. The van der Waals surface area contributed by atoms with Crippen LogP contribution in [0, 0.1) is 5.82 Å². The molecule has 2 aromatic carbocycles. The number of nitrogens with zero attached hydrogens (tertiary/aromatic N) is 2. The molecule has 0 spiro atoms. The van der Waals surface area contributed by atoms with Gasteiger partial charge in [-0.15, -0.1) is 11.3 Å². The first-order valence-corrected chi connectivity index (χ1v) is 8.75. The molecule has 0 aliphatic heterocycles. The lowest BCUT2D eigenvalue weighted by atomic mass is 10.1. The molecule has 0 unspecified atom stereocenters. The van der Waals surface area contributed by atoms with Crippen molar-refractivity contribution in [3.05, 3.63) is 76.5 Å². The number of carbonyl (C=O) groups excluding carboxylic acids is 1. The second kappa shape index (κ2) is 7.48. The first kappa shape index (κ1) is 19.0. The van der Waals surface area contributed by atoms with Crippen molar-refractivity contribution in [3.63, 3.8) is 0 Å². The number of benzene rings is 2. The van der Waals surface area contributed by atoms with Crippen LogP contribution in [-0.4, -0.2) is 22.8 Å². The summed E-state index contributed by atoms with van der Waals surface area (Å²) in [6.07, 6.45) is -4.44. The van der Waals surface area contributed by atoms with E-state index in [0.29, 0.717) is 10.6 Å². The van der Waals surface area contributed by atoms with Gasteiger partial charge in [0.05, 0.1) is 5.56 Å². The van der Waals surface area contributed by atoms with Crippen LogP contribution in [0.15, 0.2) is 53.9 Å². The van der Waals surface area contributed by atoms with E-state index in [1.165, 1.54) is 34.5 Å². The number of carbonyl (C=O) groups is 1. The molecule has 0 saturated carbocycles. The van der Waals surface area contributed by atoms with E-state index >= 15 is 0 Å². The molecule has 0 N–H and O–H groups in total. The van der Waals surface area contributed by atoms with Crippen molar-refractivity contribution < 1.29 is 22.4 Å².